The van der Waals surface area contributed by atoms with Gasteiger partial charge in [-0.1, -0.05) is 0 Å². The Morgan fingerprint density at radius 1 is 1.24 bits per heavy atom. The lowest BCUT2D eigenvalue weighted by atomic mass is 9.80. The predicted octanol–water partition coefficient (Wildman–Crippen LogP) is 2.36. The Balaban J connectivity index is 1.48. The standard InChI is InChI=1S/C18H25N5OS/c1-15-21-16(11-25-15)10-22-8-9-24-14-18(12-22)4-2-7-23(13-18)17-19-5-3-6-20-17/h3,5-6,11H,2,4,7-10,12-14H2,1H3. The van der Waals surface area contributed by atoms with Crippen molar-refractivity contribution >= 4 is 17.3 Å². The first-order chi connectivity index (χ1) is 12.2. The Bertz CT molecular complexity index is 694. The van der Waals surface area contributed by atoms with Crippen molar-refractivity contribution in [3.8, 4) is 0 Å². The van der Waals surface area contributed by atoms with Gasteiger partial charge in [-0.3, -0.25) is 4.90 Å². The molecular weight excluding hydrogens is 334 g/mol. The average molecular weight is 359 g/mol. The molecule has 1 spiro atoms. The van der Waals surface area contributed by atoms with Crippen molar-refractivity contribution in [3.63, 3.8) is 0 Å². The first kappa shape index (κ1) is 16.9. The van der Waals surface area contributed by atoms with E-state index in [2.05, 4.69) is 37.1 Å². The fraction of sp³-hybridized carbons (Fsp3) is 0.611. The van der Waals surface area contributed by atoms with Gasteiger partial charge < -0.3 is 9.64 Å². The third kappa shape index (κ3) is 3.99. The molecule has 4 heterocycles. The maximum absolute atomic E-state index is 6.02. The third-order valence-electron chi connectivity index (χ3n) is 5.07. The summed E-state index contributed by atoms with van der Waals surface area (Å²) in [6.45, 7) is 8.61. The molecule has 0 bridgehead atoms. The molecule has 2 aromatic rings. The number of aromatic nitrogens is 3. The molecule has 1 atom stereocenters. The third-order valence-corrected chi connectivity index (χ3v) is 5.89. The summed E-state index contributed by atoms with van der Waals surface area (Å²) in [5.74, 6) is 0.840. The Kier molecular flexibility index (Phi) is 4.96. The molecule has 134 valence electrons. The van der Waals surface area contributed by atoms with Gasteiger partial charge in [0.2, 0.25) is 5.95 Å². The largest absolute Gasteiger partial charge is 0.379 e. The molecule has 2 aromatic heterocycles. The second kappa shape index (κ2) is 7.35. The Morgan fingerprint density at radius 2 is 2.12 bits per heavy atom. The minimum Gasteiger partial charge on any atom is -0.379 e. The number of hydrogen-bond acceptors (Lipinski definition) is 7. The molecule has 25 heavy (non-hydrogen) atoms. The monoisotopic (exact) mass is 359 g/mol. The summed E-state index contributed by atoms with van der Waals surface area (Å²) in [6.07, 6.45) is 6.00. The van der Waals surface area contributed by atoms with Crippen LogP contribution in [-0.2, 0) is 11.3 Å². The summed E-state index contributed by atoms with van der Waals surface area (Å²) in [4.78, 5) is 18.4. The van der Waals surface area contributed by atoms with E-state index in [0.717, 1.165) is 63.3 Å². The second-order valence-corrected chi connectivity index (χ2v) is 8.26. The first-order valence-corrected chi connectivity index (χ1v) is 9.84. The molecule has 7 heteroatoms. The summed E-state index contributed by atoms with van der Waals surface area (Å²) in [5, 5.41) is 3.32. The molecule has 0 saturated carbocycles. The molecule has 2 saturated heterocycles. The number of hydrogen-bond donors (Lipinski definition) is 0. The number of anilines is 1. The number of piperidine rings is 1. The van der Waals surface area contributed by atoms with Crippen LogP contribution >= 0.6 is 11.3 Å². The summed E-state index contributed by atoms with van der Waals surface area (Å²) in [7, 11) is 0. The summed E-state index contributed by atoms with van der Waals surface area (Å²) in [6, 6.07) is 1.87. The summed E-state index contributed by atoms with van der Waals surface area (Å²) < 4.78 is 6.02. The van der Waals surface area contributed by atoms with Gasteiger partial charge in [0.1, 0.15) is 0 Å². The van der Waals surface area contributed by atoms with E-state index < -0.39 is 0 Å². The van der Waals surface area contributed by atoms with Gasteiger partial charge >= 0.3 is 0 Å². The Labute approximate surface area is 152 Å². The van der Waals surface area contributed by atoms with Crippen LogP contribution < -0.4 is 4.90 Å². The van der Waals surface area contributed by atoms with E-state index in [1.54, 1.807) is 11.3 Å². The molecule has 2 aliphatic heterocycles. The topological polar surface area (TPSA) is 54.4 Å². The van der Waals surface area contributed by atoms with Gasteiger partial charge in [0.05, 0.1) is 23.9 Å². The van der Waals surface area contributed by atoms with E-state index in [4.69, 9.17) is 4.74 Å². The molecule has 0 aliphatic carbocycles. The first-order valence-electron chi connectivity index (χ1n) is 8.96. The smallest absolute Gasteiger partial charge is 0.225 e. The van der Waals surface area contributed by atoms with Crippen LogP contribution in [0.1, 0.15) is 23.5 Å². The number of thiazole rings is 1. The van der Waals surface area contributed by atoms with Gasteiger partial charge in [-0.25, -0.2) is 15.0 Å². The highest BCUT2D eigenvalue weighted by molar-refractivity contribution is 7.09. The summed E-state index contributed by atoms with van der Waals surface area (Å²) in [5.41, 5.74) is 1.33. The average Bonchev–Trinajstić information content (AvgIpc) is 2.94. The van der Waals surface area contributed by atoms with Crippen LogP contribution in [0.25, 0.3) is 0 Å². The van der Waals surface area contributed by atoms with E-state index in [1.807, 2.05) is 18.5 Å². The maximum atomic E-state index is 6.02. The normalized spacial score (nSPS) is 25.2. The quantitative estimate of drug-likeness (QED) is 0.839. The molecule has 0 radical (unpaired) electrons. The fourth-order valence-electron chi connectivity index (χ4n) is 4.01. The van der Waals surface area contributed by atoms with E-state index in [1.165, 1.54) is 12.1 Å². The minimum absolute atomic E-state index is 0.152. The molecule has 2 aliphatic rings. The van der Waals surface area contributed by atoms with E-state index in [-0.39, 0.29) is 5.41 Å². The molecule has 0 N–H and O–H groups in total. The van der Waals surface area contributed by atoms with Crippen molar-refractivity contribution in [3.05, 3.63) is 34.5 Å². The van der Waals surface area contributed by atoms with Crippen molar-refractivity contribution in [2.75, 3.05) is 44.3 Å². The van der Waals surface area contributed by atoms with Crippen LogP contribution in [0.15, 0.2) is 23.8 Å². The van der Waals surface area contributed by atoms with Gasteiger partial charge in [0.15, 0.2) is 0 Å². The molecule has 2 fully saturated rings. The highest BCUT2D eigenvalue weighted by Gasteiger charge is 2.39. The van der Waals surface area contributed by atoms with Gasteiger partial charge in [0, 0.05) is 55.9 Å². The molecule has 1 unspecified atom stereocenters. The van der Waals surface area contributed by atoms with Crippen LogP contribution in [0, 0.1) is 12.3 Å². The zero-order valence-electron chi connectivity index (χ0n) is 14.7. The number of aryl methyl sites for hydroxylation is 1. The van der Waals surface area contributed by atoms with Crippen LogP contribution in [0.5, 0.6) is 0 Å². The maximum Gasteiger partial charge on any atom is 0.225 e. The van der Waals surface area contributed by atoms with Gasteiger partial charge in [-0.15, -0.1) is 11.3 Å². The zero-order chi connectivity index (χ0) is 17.1. The van der Waals surface area contributed by atoms with Crippen molar-refractivity contribution in [2.45, 2.75) is 26.3 Å². The Hall–Kier alpha value is -1.57. The highest BCUT2D eigenvalue weighted by Crippen LogP contribution is 2.34. The minimum atomic E-state index is 0.152. The second-order valence-electron chi connectivity index (χ2n) is 7.20. The SMILES string of the molecule is Cc1nc(CN2CCOCC3(CCCN(c4ncccn4)C3)C2)cs1. The lowest BCUT2D eigenvalue weighted by Crippen LogP contribution is -2.51. The molecule has 0 aromatic carbocycles. The number of nitrogens with zero attached hydrogens (tertiary/aromatic N) is 5. The molecule has 4 rings (SSSR count). The zero-order valence-corrected chi connectivity index (χ0v) is 15.5. The fourth-order valence-corrected chi connectivity index (χ4v) is 4.61. The van der Waals surface area contributed by atoms with Crippen LogP contribution in [0.3, 0.4) is 0 Å². The van der Waals surface area contributed by atoms with E-state index in [0.29, 0.717) is 0 Å². The van der Waals surface area contributed by atoms with Crippen LogP contribution in [0.4, 0.5) is 5.95 Å². The van der Waals surface area contributed by atoms with Crippen LogP contribution in [-0.4, -0.2) is 59.2 Å². The van der Waals surface area contributed by atoms with Gasteiger partial charge in [-0.2, -0.15) is 0 Å². The molecule has 0 amide bonds. The summed E-state index contributed by atoms with van der Waals surface area (Å²) >= 11 is 1.73. The highest BCUT2D eigenvalue weighted by atomic mass is 32.1. The molecular formula is C18H25N5OS. The van der Waals surface area contributed by atoms with Crippen molar-refractivity contribution in [1.29, 1.82) is 0 Å². The predicted molar refractivity (Wildman–Crippen MR) is 98.9 cm³/mol. The van der Waals surface area contributed by atoms with Crippen molar-refractivity contribution in [2.24, 2.45) is 5.41 Å². The van der Waals surface area contributed by atoms with E-state index >= 15 is 0 Å². The van der Waals surface area contributed by atoms with Gasteiger partial charge in [-0.05, 0) is 25.8 Å². The Morgan fingerprint density at radius 3 is 2.92 bits per heavy atom. The number of ether oxygens (including phenoxy) is 1. The molecule has 6 nitrogen and oxygen atoms in total. The van der Waals surface area contributed by atoms with Gasteiger partial charge in [0.25, 0.3) is 0 Å². The van der Waals surface area contributed by atoms with E-state index in [9.17, 15) is 0 Å². The lowest BCUT2D eigenvalue weighted by molar-refractivity contribution is 0.0554. The van der Waals surface area contributed by atoms with Crippen molar-refractivity contribution < 1.29 is 4.74 Å². The van der Waals surface area contributed by atoms with Crippen molar-refractivity contribution in [1.82, 2.24) is 19.9 Å². The van der Waals surface area contributed by atoms with Crippen LogP contribution in [0.2, 0.25) is 0 Å². The number of rotatable bonds is 3. The lowest BCUT2D eigenvalue weighted by Gasteiger charge is -2.43.